The molecule has 1 aromatic heterocycles. The van der Waals surface area contributed by atoms with E-state index < -0.39 is 0 Å². The van der Waals surface area contributed by atoms with E-state index >= 15 is 0 Å². The van der Waals surface area contributed by atoms with Gasteiger partial charge < -0.3 is 10.6 Å². The van der Waals surface area contributed by atoms with E-state index in [1.165, 1.54) is 0 Å². The number of anilines is 3. The summed E-state index contributed by atoms with van der Waals surface area (Å²) in [4.78, 5) is 8.65. The van der Waals surface area contributed by atoms with Crippen molar-refractivity contribution in [1.82, 2.24) is 9.97 Å². The zero-order valence-electron chi connectivity index (χ0n) is 11.2. The fraction of sp³-hybridized carbons (Fsp3) is 0.214. The van der Waals surface area contributed by atoms with Gasteiger partial charge in [-0.2, -0.15) is 10.2 Å². The summed E-state index contributed by atoms with van der Waals surface area (Å²) in [6.45, 7) is 4.64. The molecule has 5 nitrogen and oxygen atoms in total. The molecule has 0 amide bonds. The van der Waals surface area contributed by atoms with Gasteiger partial charge in [0.2, 0.25) is 5.95 Å². The predicted octanol–water partition coefficient (Wildman–Crippen LogP) is 3.59. The average molecular weight is 332 g/mol. The van der Waals surface area contributed by atoms with Gasteiger partial charge in [-0.05, 0) is 32.0 Å². The van der Waals surface area contributed by atoms with Crippen molar-refractivity contribution in [2.45, 2.75) is 13.8 Å². The highest BCUT2D eigenvalue weighted by Crippen LogP contribution is 2.24. The minimum atomic E-state index is 0.564. The molecule has 1 aromatic carbocycles. The van der Waals surface area contributed by atoms with Crippen LogP contribution < -0.4 is 10.6 Å². The molecule has 0 aliphatic rings. The van der Waals surface area contributed by atoms with Crippen molar-refractivity contribution in [3.8, 4) is 6.07 Å². The van der Waals surface area contributed by atoms with Gasteiger partial charge in [-0.15, -0.1) is 0 Å². The first-order valence-corrected chi connectivity index (χ1v) is 6.98. The number of rotatable bonds is 4. The van der Waals surface area contributed by atoms with Gasteiger partial charge in [0.25, 0.3) is 0 Å². The quantitative estimate of drug-likeness (QED) is 0.895. The third-order valence-corrected chi connectivity index (χ3v) is 3.05. The maximum atomic E-state index is 9.13. The number of nitrogens with zero attached hydrogens (tertiary/aromatic N) is 3. The first-order chi connectivity index (χ1) is 9.62. The first-order valence-electron chi connectivity index (χ1n) is 6.18. The van der Waals surface area contributed by atoms with E-state index in [1.807, 2.05) is 32.0 Å². The summed E-state index contributed by atoms with van der Waals surface area (Å²) >= 11 is 3.40. The number of hydrogen-bond donors (Lipinski definition) is 2. The van der Waals surface area contributed by atoms with Gasteiger partial charge in [0.15, 0.2) is 0 Å². The van der Waals surface area contributed by atoms with Crippen molar-refractivity contribution < 1.29 is 0 Å². The Balaban J connectivity index is 2.35. The van der Waals surface area contributed by atoms with Crippen LogP contribution >= 0.6 is 15.9 Å². The van der Waals surface area contributed by atoms with Crippen molar-refractivity contribution >= 4 is 33.4 Å². The van der Waals surface area contributed by atoms with E-state index in [9.17, 15) is 0 Å². The molecule has 6 heteroatoms. The molecule has 102 valence electrons. The van der Waals surface area contributed by atoms with Gasteiger partial charge >= 0.3 is 0 Å². The fourth-order valence-corrected chi connectivity index (χ4v) is 2.09. The van der Waals surface area contributed by atoms with E-state index in [-0.39, 0.29) is 0 Å². The van der Waals surface area contributed by atoms with E-state index in [2.05, 4.69) is 42.6 Å². The molecule has 2 aromatic rings. The lowest BCUT2D eigenvalue weighted by molar-refractivity contribution is 1.05. The van der Waals surface area contributed by atoms with Crippen LogP contribution in [0.25, 0.3) is 0 Å². The smallest absolute Gasteiger partial charge is 0.224 e. The van der Waals surface area contributed by atoms with Crippen LogP contribution in [0.1, 0.15) is 18.2 Å². The van der Waals surface area contributed by atoms with Gasteiger partial charge in [-0.25, -0.2) is 4.98 Å². The molecule has 2 rings (SSSR count). The maximum absolute atomic E-state index is 9.13. The summed E-state index contributed by atoms with van der Waals surface area (Å²) in [6, 6.07) is 9.43. The molecule has 2 N–H and O–H groups in total. The molecule has 0 aliphatic heterocycles. The summed E-state index contributed by atoms with van der Waals surface area (Å²) in [7, 11) is 0. The van der Waals surface area contributed by atoms with Crippen molar-refractivity contribution in [2.24, 2.45) is 0 Å². The molecule has 0 bridgehead atoms. The van der Waals surface area contributed by atoms with Gasteiger partial charge in [0.1, 0.15) is 11.9 Å². The summed E-state index contributed by atoms with van der Waals surface area (Å²) in [5.74, 6) is 1.23. The number of aryl methyl sites for hydroxylation is 1. The minimum Gasteiger partial charge on any atom is -0.354 e. The molecule has 0 radical (unpaired) electrons. The number of halogens is 1. The molecule has 0 saturated heterocycles. The third kappa shape index (κ3) is 3.45. The Morgan fingerprint density at radius 2 is 2.10 bits per heavy atom. The number of nitrogens with one attached hydrogen (secondary N) is 2. The van der Waals surface area contributed by atoms with Crippen LogP contribution in [0.2, 0.25) is 0 Å². The second kappa shape index (κ2) is 6.35. The molecule has 20 heavy (non-hydrogen) atoms. The normalized spacial score (nSPS) is 9.90. The van der Waals surface area contributed by atoms with Crippen LogP contribution in [-0.4, -0.2) is 16.5 Å². The summed E-state index contributed by atoms with van der Waals surface area (Å²) in [6.07, 6.45) is 0. The highest BCUT2D eigenvalue weighted by atomic mass is 79.9. The molecular weight excluding hydrogens is 318 g/mol. The topological polar surface area (TPSA) is 73.6 Å². The Hall–Kier alpha value is -2.13. The first kappa shape index (κ1) is 14.3. The van der Waals surface area contributed by atoms with E-state index in [1.54, 1.807) is 6.07 Å². The highest BCUT2D eigenvalue weighted by Gasteiger charge is 2.06. The van der Waals surface area contributed by atoms with E-state index in [4.69, 9.17) is 5.26 Å². The van der Waals surface area contributed by atoms with Crippen molar-refractivity contribution in [3.63, 3.8) is 0 Å². The summed E-state index contributed by atoms with van der Waals surface area (Å²) in [5, 5.41) is 15.4. The fourth-order valence-electron chi connectivity index (χ4n) is 1.73. The standard InChI is InChI=1S/C14H14BrN5/c1-3-17-14-18-9(2)6-13(20-14)19-12-7-11(15)5-4-10(12)8-16/h4-7H,3H2,1-2H3,(H2,17,18,19,20). The predicted molar refractivity (Wildman–Crippen MR) is 83.1 cm³/mol. The zero-order chi connectivity index (χ0) is 14.5. The van der Waals surface area contributed by atoms with Crippen LogP contribution in [0.5, 0.6) is 0 Å². The van der Waals surface area contributed by atoms with Crippen LogP contribution in [0.15, 0.2) is 28.7 Å². The largest absolute Gasteiger partial charge is 0.354 e. The number of aromatic nitrogens is 2. The molecule has 0 unspecified atom stereocenters. The molecular formula is C14H14BrN5. The van der Waals surface area contributed by atoms with E-state index in [0.717, 1.165) is 16.7 Å². The Bertz CT molecular complexity index is 663. The molecule has 0 spiro atoms. The van der Waals surface area contributed by atoms with Crippen LogP contribution in [0.4, 0.5) is 17.5 Å². The lowest BCUT2D eigenvalue weighted by Crippen LogP contribution is -2.05. The maximum Gasteiger partial charge on any atom is 0.224 e. The number of hydrogen-bond acceptors (Lipinski definition) is 5. The average Bonchev–Trinajstić information content (AvgIpc) is 2.38. The van der Waals surface area contributed by atoms with Crippen molar-refractivity contribution in [3.05, 3.63) is 40.0 Å². The Morgan fingerprint density at radius 3 is 2.80 bits per heavy atom. The molecule has 0 saturated carbocycles. The van der Waals surface area contributed by atoms with Gasteiger partial charge in [0, 0.05) is 22.8 Å². The number of nitriles is 1. The second-order valence-corrected chi connectivity index (χ2v) is 5.09. The Kier molecular flexibility index (Phi) is 4.53. The molecule has 1 heterocycles. The lowest BCUT2D eigenvalue weighted by atomic mass is 10.2. The summed E-state index contributed by atoms with van der Waals surface area (Å²) < 4.78 is 0.900. The number of benzene rings is 1. The summed E-state index contributed by atoms with van der Waals surface area (Å²) in [5.41, 5.74) is 2.13. The SMILES string of the molecule is CCNc1nc(C)cc(Nc2cc(Br)ccc2C#N)n1. The second-order valence-electron chi connectivity index (χ2n) is 4.18. The molecule has 0 atom stereocenters. The van der Waals surface area contributed by atoms with E-state index in [0.29, 0.717) is 23.0 Å². The van der Waals surface area contributed by atoms with Crippen LogP contribution in [-0.2, 0) is 0 Å². The zero-order valence-corrected chi connectivity index (χ0v) is 12.8. The Labute approximate surface area is 126 Å². The molecule has 0 aliphatic carbocycles. The molecule has 0 fully saturated rings. The monoisotopic (exact) mass is 331 g/mol. The van der Waals surface area contributed by atoms with Gasteiger partial charge in [-0.3, -0.25) is 0 Å². The van der Waals surface area contributed by atoms with Gasteiger partial charge in [-0.1, -0.05) is 15.9 Å². The highest BCUT2D eigenvalue weighted by molar-refractivity contribution is 9.10. The van der Waals surface area contributed by atoms with Crippen molar-refractivity contribution in [2.75, 3.05) is 17.2 Å². The Morgan fingerprint density at radius 1 is 1.30 bits per heavy atom. The van der Waals surface area contributed by atoms with Crippen LogP contribution in [0, 0.1) is 18.3 Å². The lowest BCUT2D eigenvalue weighted by Gasteiger charge is -2.10. The van der Waals surface area contributed by atoms with Crippen molar-refractivity contribution in [1.29, 1.82) is 5.26 Å². The third-order valence-electron chi connectivity index (χ3n) is 2.55. The van der Waals surface area contributed by atoms with Crippen LogP contribution in [0.3, 0.4) is 0 Å². The minimum absolute atomic E-state index is 0.564. The van der Waals surface area contributed by atoms with Gasteiger partial charge in [0.05, 0.1) is 11.3 Å².